The van der Waals surface area contributed by atoms with Crippen molar-refractivity contribution in [1.29, 1.82) is 0 Å². The summed E-state index contributed by atoms with van der Waals surface area (Å²) >= 11 is 0. The standard InChI is InChI=1S/C12H23N5O/c1-16-12(14-10-15-16)9-17-6-3-4-11(17)8-13-5-7-18-2/h10-11,13H,3-9H2,1-2H3. The normalized spacial score (nSPS) is 20.7. The van der Waals surface area contributed by atoms with E-state index in [1.54, 1.807) is 13.4 Å². The first-order valence-electron chi connectivity index (χ1n) is 6.58. The van der Waals surface area contributed by atoms with Gasteiger partial charge < -0.3 is 10.1 Å². The monoisotopic (exact) mass is 253 g/mol. The van der Waals surface area contributed by atoms with Gasteiger partial charge in [0.15, 0.2) is 0 Å². The molecule has 2 rings (SSSR count). The molecule has 0 aromatic carbocycles. The summed E-state index contributed by atoms with van der Waals surface area (Å²) in [6.07, 6.45) is 4.16. The molecule has 1 aromatic heterocycles. The highest BCUT2D eigenvalue weighted by atomic mass is 16.5. The van der Waals surface area contributed by atoms with E-state index in [0.717, 1.165) is 38.6 Å². The number of methoxy groups -OCH3 is 1. The Bertz CT molecular complexity index is 354. The lowest BCUT2D eigenvalue weighted by Crippen LogP contribution is -2.39. The van der Waals surface area contributed by atoms with Gasteiger partial charge in [0.2, 0.25) is 0 Å². The highest BCUT2D eigenvalue weighted by Gasteiger charge is 2.25. The molecule has 18 heavy (non-hydrogen) atoms. The molecule has 1 aliphatic rings. The second-order valence-electron chi connectivity index (χ2n) is 4.76. The molecule has 102 valence electrons. The Morgan fingerprint density at radius 1 is 1.56 bits per heavy atom. The summed E-state index contributed by atoms with van der Waals surface area (Å²) in [5.41, 5.74) is 0. The summed E-state index contributed by atoms with van der Waals surface area (Å²) in [6.45, 7) is 4.78. The van der Waals surface area contributed by atoms with Crippen molar-refractivity contribution in [3.63, 3.8) is 0 Å². The molecule has 1 unspecified atom stereocenters. The average molecular weight is 253 g/mol. The predicted octanol–water partition coefficient (Wildman–Crippen LogP) is 0.0155. The quantitative estimate of drug-likeness (QED) is 0.694. The maximum absolute atomic E-state index is 5.04. The molecule has 1 fully saturated rings. The third-order valence-corrected chi connectivity index (χ3v) is 3.51. The van der Waals surface area contributed by atoms with Crippen molar-refractivity contribution in [3.05, 3.63) is 12.2 Å². The summed E-state index contributed by atoms with van der Waals surface area (Å²) < 4.78 is 6.89. The lowest BCUT2D eigenvalue weighted by atomic mass is 10.2. The first-order chi connectivity index (χ1) is 8.81. The van der Waals surface area contributed by atoms with Gasteiger partial charge in [0, 0.05) is 33.3 Å². The summed E-state index contributed by atoms with van der Waals surface area (Å²) in [7, 11) is 3.68. The number of rotatable bonds is 7. The molecule has 6 nitrogen and oxygen atoms in total. The van der Waals surface area contributed by atoms with E-state index in [1.165, 1.54) is 12.8 Å². The Balaban J connectivity index is 1.78. The van der Waals surface area contributed by atoms with Gasteiger partial charge in [-0.25, -0.2) is 4.98 Å². The SMILES string of the molecule is COCCNCC1CCCN1Cc1ncnn1C. The molecule has 1 N–H and O–H groups in total. The molecule has 2 heterocycles. The molecule has 0 aliphatic carbocycles. The summed E-state index contributed by atoms with van der Waals surface area (Å²) in [5, 5.41) is 7.56. The van der Waals surface area contributed by atoms with Gasteiger partial charge in [-0.1, -0.05) is 0 Å². The van der Waals surface area contributed by atoms with Crippen LogP contribution in [0, 0.1) is 0 Å². The number of hydrogen-bond acceptors (Lipinski definition) is 5. The average Bonchev–Trinajstić information content (AvgIpc) is 2.96. The summed E-state index contributed by atoms with van der Waals surface area (Å²) in [4.78, 5) is 6.78. The number of hydrogen-bond donors (Lipinski definition) is 1. The topological polar surface area (TPSA) is 55.2 Å². The van der Waals surface area contributed by atoms with Crippen LogP contribution in [0.3, 0.4) is 0 Å². The van der Waals surface area contributed by atoms with Gasteiger partial charge in [0.25, 0.3) is 0 Å². The maximum atomic E-state index is 5.04. The molecule has 0 bridgehead atoms. The zero-order valence-corrected chi connectivity index (χ0v) is 11.3. The molecule has 1 aliphatic heterocycles. The fourth-order valence-electron chi connectivity index (χ4n) is 2.42. The van der Waals surface area contributed by atoms with Crippen LogP contribution in [0.15, 0.2) is 6.33 Å². The minimum Gasteiger partial charge on any atom is -0.383 e. The number of nitrogens with zero attached hydrogens (tertiary/aromatic N) is 4. The molecule has 0 saturated carbocycles. The van der Waals surface area contributed by atoms with Crippen molar-refractivity contribution < 1.29 is 4.74 Å². The van der Waals surface area contributed by atoms with Crippen LogP contribution in [0.5, 0.6) is 0 Å². The van der Waals surface area contributed by atoms with Crippen molar-refractivity contribution in [2.24, 2.45) is 7.05 Å². The van der Waals surface area contributed by atoms with E-state index in [-0.39, 0.29) is 0 Å². The third kappa shape index (κ3) is 3.51. The molecule has 1 saturated heterocycles. The molecule has 1 atom stereocenters. The van der Waals surface area contributed by atoms with Crippen LogP contribution in [-0.2, 0) is 18.3 Å². The van der Waals surface area contributed by atoms with Crippen molar-refractivity contribution in [1.82, 2.24) is 25.0 Å². The zero-order valence-electron chi connectivity index (χ0n) is 11.3. The largest absolute Gasteiger partial charge is 0.383 e. The number of aryl methyl sites for hydroxylation is 1. The summed E-state index contributed by atoms with van der Waals surface area (Å²) in [5.74, 6) is 1.04. The van der Waals surface area contributed by atoms with Gasteiger partial charge in [0.1, 0.15) is 12.2 Å². The van der Waals surface area contributed by atoms with Crippen LogP contribution >= 0.6 is 0 Å². The van der Waals surface area contributed by atoms with Crippen molar-refractivity contribution in [3.8, 4) is 0 Å². The second kappa shape index (κ2) is 6.82. The Kier molecular flexibility index (Phi) is 5.10. The molecular weight excluding hydrogens is 230 g/mol. The van der Waals surface area contributed by atoms with E-state index in [0.29, 0.717) is 6.04 Å². The molecule has 0 amide bonds. The van der Waals surface area contributed by atoms with E-state index in [2.05, 4.69) is 20.3 Å². The van der Waals surface area contributed by atoms with E-state index in [4.69, 9.17) is 4.74 Å². The van der Waals surface area contributed by atoms with Gasteiger partial charge in [-0.3, -0.25) is 9.58 Å². The van der Waals surface area contributed by atoms with Crippen molar-refractivity contribution in [2.45, 2.75) is 25.4 Å². The van der Waals surface area contributed by atoms with Gasteiger partial charge in [-0.15, -0.1) is 0 Å². The Labute approximate surface area is 108 Å². The van der Waals surface area contributed by atoms with Gasteiger partial charge in [-0.2, -0.15) is 5.10 Å². The molecule has 1 aromatic rings. The second-order valence-corrected chi connectivity index (χ2v) is 4.76. The lowest BCUT2D eigenvalue weighted by Gasteiger charge is -2.24. The zero-order chi connectivity index (χ0) is 12.8. The van der Waals surface area contributed by atoms with Crippen molar-refractivity contribution in [2.75, 3.05) is 33.4 Å². The van der Waals surface area contributed by atoms with Gasteiger partial charge >= 0.3 is 0 Å². The minimum absolute atomic E-state index is 0.610. The fourth-order valence-corrected chi connectivity index (χ4v) is 2.42. The van der Waals surface area contributed by atoms with Crippen LogP contribution in [0.1, 0.15) is 18.7 Å². The number of likely N-dealkylation sites (tertiary alicyclic amines) is 1. The minimum atomic E-state index is 0.610. The molecule has 0 spiro atoms. The van der Waals surface area contributed by atoms with E-state index >= 15 is 0 Å². The lowest BCUT2D eigenvalue weighted by molar-refractivity contribution is 0.189. The van der Waals surface area contributed by atoms with Crippen LogP contribution in [0.25, 0.3) is 0 Å². The predicted molar refractivity (Wildman–Crippen MR) is 69.2 cm³/mol. The first kappa shape index (κ1) is 13.5. The highest BCUT2D eigenvalue weighted by Crippen LogP contribution is 2.18. The highest BCUT2D eigenvalue weighted by molar-refractivity contribution is 4.89. The molecule has 0 radical (unpaired) electrons. The number of ether oxygens (including phenoxy) is 1. The summed E-state index contributed by atoms with van der Waals surface area (Å²) in [6, 6.07) is 0.610. The fraction of sp³-hybridized carbons (Fsp3) is 0.833. The van der Waals surface area contributed by atoms with Crippen molar-refractivity contribution >= 4 is 0 Å². The van der Waals surface area contributed by atoms with Gasteiger partial charge in [0.05, 0.1) is 13.2 Å². The van der Waals surface area contributed by atoms with E-state index in [1.807, 2.05) is 11.7 Å². The van der Waals surface area contributed by atoms with Gasteiger partial charge in [-0.05, 0) is 19.4 Å². The smallest absolute Gasteiger partial charge is 0.140 e. The maximum Gasteiger partial charge on any atom is 0.140 e. The van der Waals surface area contributed by atoms with Crippen LogP contribution < -0.4 is 5.32 Å². The molecule has 6 heteroatoms. The Morgan fingerprint density at radius 3 is 3.17 bits per heavy atom. The van der Waals surface area contributed by atoms with Crippen LogP contribution in [0.2, 0.25) is 0 Å². The van der Waals surface area contributed by atoms with Crippen LogP contribution in [-0.4, -0.2) is 59.1 Å². The first-order valence-corrected chi connectivity index (χ1v) is 6.58. The van der Waals surface area contributed by atoms with E-state index < -0.39 is 0 Å². The number of aromatic nitrogens is 3. The number of nitrogens with one attached hydrogen (secondary N) is 1. The van der Waals surface area contributed by atoms with E-state index in [9.17, 15) is 0 Å². The Morgan fingerprint density at radius 2 is 2.44 bits per heavy atom. The molecular formula is C12H23N5O. The third-order valence-electron chi connectivity index (χ3n) is 3.51. The van der Waals surface area contributed by atoms with Crippen LogP contribution in [0.4, 0.5) is 0 Å². The Hall–Kier alpha value is -0.980.